The molecule has 23 heavy (non-hydrogen) atoms. The number of fused-ring (bicyclic) bond motifs is 1. The van der Waals surface area contributed by atoms with Crippen molar-refractivity contribution in [1.82, 2.24) is 10.3 Å². The molecule has 1 amide bonds. The zero-order valence-electron chi connectivity index (χ0n) is 12.6. The first kappa shape index (κ1) is 15.2. The van der Waals surface area contributed by atoms with Crippen LogP contribution in [0.3, 0.4) is 0 Å². The summed E-state index contributed by atoms with van der Waals surface area (Å²) in [4.78, 5) is 15.4. The summed E-state index contributed by atoms with van der Waals surface area (Å²) in [6, 6.07) is 12.3. The summed E-state index contributed by atoms with van der Waals surface area (Å²) >= 11 is 0. The summed E-state index contributed by atoms with van der Waals surface area (Å²) in [5, 5.41) is 14.0. The number of aliphatic hydroxyl groups excluding tert-OH is 1. The van der Waals surface area contributed by atoms with E-state index in [2.05, 4.69) is 10.3 Å². The Bertz CT molecular complexity index is 826. The highest BCUT2D eigenvalue weighted by molar-refractivity contribution is 5.98. The molecular formula is C18H17FN2O2. The lowest BCUT2D eigenvalue weighted by atomic mass is 10.0. The van der Waals surface area contributed by atoms with Crippen LogP contribution in [0.2, 0.25) is 0 Å². The minimum Gasteiger partial charge on any atom is -0.386 e. The molecule has 0 aliphatic carbocycles. The highest BCUT2D eigenvalue weighted by Crippen LogP contribution is 2.18. The average Bonchev–Trinajstić information content (AvgIpc) is 3.02. The van der Waals surface area contributed by atoms with E-state index in [9.17, 15) is 14.3 Å². The molecule has 0 spiro atoms. The number of aromatic nitrogens is 1. The molecule has 3 N–H and O–H groups in total. The van der Waals surface area contributed by atoms with Crippen LogP contribution in [-0.2, 0) is 0 Å². The number of halogens is 1. The fourth-order valence-corrected chi connectivity index (χ4v) is 2.51. The Labute approximate surface area is 133 Å². The van der Waals surface area contributed by atoms with Crippen LogP contribution in [-0.4, -0.2) is 22.0 Å². The van der Waals surface area contributed by atoms with E-state index in [1.165, 1.54) is 24.3 Å². The minimum atomic E-state index is -0.907. The first-order chi connectivity index (χ1) is 11.0. The highest BCUT2D eigenvalue weighted by Gasteiger charge is 2.19. The second kappa shape index (κ2) is 6.22. The van der Waals surface area contributed by atoms with Crippen molar-refractivity contribution < 1.29 is 14.3 Å². The lowest BCUT2D eigenvalue weighted by Crippen LogP contribution is -2.37. The van der Waals surface area contributed by atoms with E-state index >= 15 is 0 Å². The van der Waals surface area contributed by atoms with Gasteiger partial charge in [0.25, 0.3) is 5.91 Å². The quantitative estimate of drug-likeness (QED) is 0.693. The van der Waals surface area contributed by atoms with Crippen LogP contribution >= 0.6 is 0 Å². The van der Waals surface area contributed by atoms with Crippen LogP contribution < -0.4 is 5.32 Å². The number of rotatable bonds is 4. The molecule has 1 heterocycles. The molecule has 0 saturated heterocycles. The fraction of sp³-hybridized carbons (Fsp3) is 0.167. The Balaban J connectivity index is 1.72. The third-order valence-corrected chi connectivity index (χ3v) is 3.86. The number of carbonyl (C=O) groups excluding carboxylic acids is 1. The molecule has 0 radical (unpaired) electrons. The minimum absolute atomic E-state index is 0.262. The molecule has 1 aromatic heterocycles. The van der Waals surface area contributed by atoms with E-state index < -0.39 is 12.1 Å². The number of hydrogen-bond acceptors (Lipinski definition) is 2. The predicted molar refractivity (Wildman–Crippen MR) is 86.6 cm³/mol. The first-order valence-electron chi connectivity index (χ1n) is 7.36. The second-order valence-corrected chi connectivity index (χ2v) is 5.54. The van der Waals surface area contributed by atoms with Gasteiger partial charge in [-0.25, -0.2) is 4.39 Å². The van der Waals surface area contributed by atoms with Crippen molar-refractivity contribution >= 4 is 16.8 Å². The zero-order chi connectivity index (χ0) is 16.4. The number of aliphatic hydroxyl groups is 1. The first-order valence-corrected chi connectivity index (χ1v) is 7.36. The van der Waals surface area contributed by atoms with E-state index in [1.807, 2.05) is 18.3 Å². The molecule has 0 aliphatic heterocycles. The van der Waals surface area contributed by atoms with Gasteiger partial charge in [0, 0.05) is 22.7 Å². The maximum absolute atomic E-state index is 12.9. The SMILES string of the molecule is C[C@@H](NC(=O)c1ccc2[nH]ccc2c1)[C@H](O)c1ccc(F)cc1. The van der Waals surface area contributed by atoms with Crippen LogP contribution in [0.1, 0.15) is 28.9 Å². The molecule has 3 rings (SSSR count). The van der Waals surface area contributed by atoms with Crippen molar-refractivity contribution in [3.05, 3.63) is 71.7 Å². The Hall–Kier alpha value is -2.66. The number of amides is 1. The van der Waals surface area contributed by atoms with Gasteiger partial charge in [-0.15, -0.1) is 0 Å². The molecule has 5 heteroatoms. The third kappa shape index (κ3) is 3.24. The molecule has 3 aromatic rings. The van der Waals surface area contributed by atoms with Crippen LogP contribution in [0.15, 0.2) is 54.7 Å². The standard InChI is InChI=1S/C18H17FN2O2/c1-11(17(22)12-2-5-15(19)6-3-12)21-18(23)14-4-7-16-13(10-14)8-9-20-16/h2-11,17,20,22H,1H3,(H,21,23)/t11-,17+/m1/s1. The van der Waals surface area contributed by atoms with E-state index in [0.29, 0.717) is 11.1 Å². The average molecular weight is 312 g/mol. The summed E-state index contributed by atoms with van der Waals surface area (Å²) in [6.07, 6.45) is 0.906. The van der Waals surface area contributed by atoms with Crippen LogP contribution in [0.4, 0.5) is 4.39 Å². The van der Waals surface area contributed by atoms with Gasteiger partial charge in [-0.3, -0.25) is 4.79 Å². The number of aromatic amines is 1. The van der Waals surface area contributed by atoms with E-state index in [4.69, 9.17) is 0 Å². The largest absolute Gasteiger partial charge is 0.386 e. The van der Waals surface area contributed by atoms with Crippen molar-refractivity contribution in [3.63, 3.8) is 0 Å². The van der Waals surface area contributed by atoms with Gasteiger partial charge in [-0.1, -0.05) is 12.1 Å². The maximum atomic E-state index is 12.9. The summed E-state index contributed by atoms with van der Waals surface area (Å²) in [5.74, 6) is -0.626. The summed E-state index contributed by atoms with van der Waals surface area (Å²) in [6.45, 7) is 1.71. The van der Waals surface area contributed by atoms with E-state index in [-0.39, 0.29) is 11.7 Å². The molecular weight excluding hydrogens is 295 g/mol. The lowest BCUT2D eigenvalue weighted by molar-refractivity contribution is 0.0852. The number of hydrogen-bond donors (Lipinski definition) is 3. The van der Waals surface area contributed by atoms with Gasteiger partial charge in [-0.2, -0.15) is 0 Å². The van der Waals surface area contributed by atoms with Crippen molar-refractivity contribution in [1.29, 1.82) is 0 Å². The summed E-state index contributed by atoms with van der Waals surface area (Å²) in [5.41, 5.74) is 2.04. The molecule has 0 aliphatic rings. The van der Waals surface area contributed by atoms with Crippen molar-refractivity contribution in [2.24, 2.45) is 0 Å². The summed E-state index contributed by atoms with van der Waals surface area (Å²) < 4.78 is 12.9. The predicted octanol–water partition coefficient (Wildman–Crippen LogP) is 3.16. The number of carbonyl (C=O) groups is 1. The molecule has 2 atom stereocenters. The lowest BCUT2D eigenvalue weighted by Gasteiger charge is -2.20. The Morgan fingerprint density at radius 2 is 1.91 bits per heavy atom. The molecule has 4 nitrogen and oxygen atoms in total. The topological polar surface area (TPSA) is 65.1 Å². The third-order valence-electron chi connectivity index (χ3n) is 3.86. The van der Waals surface area contributed by atoms with Gasteiger partial charge in [-0.05, 0) is 48.9 Å². The van der Waals surface area contributed by atoms with Crippen molar-refractivity contribution in [3.8, 4) is 0 Å². The van der Waals surface area contributed by atoms with Gasteiger partial charge in [0.2, 0.25) is 0 Å². The van der Waals surface area contributed by atoms with Gasteiger partial charge < -0.3 is 15.4 Å². The van der Waals surface area contributed by atoms with Crippen LogP contribution in [0, 0.1) is 5.82 Å². The number of benzene rings is 2. The zero-order valence-corrected chi connectivity index (χ0v) is 12.6. The molecule has 118 valence electrons. The van der Waals surface area contributed by atoms with E-state index in [1.54, 1.807) is 19.1 Å². The Kier molecular flexibility index (Phi) is 4.12. The fourth-order valence-electron chi connectivity index (χ4n) is 2.51. The molecule has 0 bridgehead atoms. The monoisotopic (exact) mass is 312 g/mol. The molecule has 0 unspecified atom stereocenters. The normalized spacial score (nSPS) is 13.7. The van der Waals surface area contributed by atoms with Crippen molar-refractivity contribution in [2.75, 3.05) is 0 Å². The highest BCUT2D eigenvalue weighted by atomic mass is 19.1. The maximum Gasteiger partial charge on any atom is 0.251 e. The Morgan fingerprint density at radius 1 is 1.17 bits per heavy atom. The van der Waals surface area contributed by atoms with Crippen LogP contribution in [0.5, 0.6) is 0 Å². The van der Waals surface area contributed by atoms with E-state index in [0.717, 1.165) is 10.9 Å². The molecule has 0 saturated carbocycles. The number of H-pyrrole nitrogens is 1. The molecule has 0 fully saturated rings. The number of nitrogens with one attached hydrogen (secondary N) is 2. The van der Waals surface area contributed by atoms with Gasteiger partial charge >= 0.3 is 0 Å². The van der Waals surface area contributed by atoms with Gasteiger partial charge in [0.1, 0.15) is 5.82 Å². The second-order valence-electron chi connectivity index (χ2n) is 5.54. The van der Waals surface area contributed by atoms with Crippen molar-refractivity contribution in [2.45, 2.75) is 19.1 Å². The summed E-state index contributed by atoms with van der Waals surface area (Å²) in [7, 11) is 0. The van der Waals surface area contributed by atoms with Gasteiger partial charge in [0.05, 0.1) is 12.1 Å². The Morgan fingerprint density at radius 3 is 2.65 bits per heavy atom. The van der Waals surface area contributed by atoms with Gasteiger partial charge in [0.15, 0.2) is 0 Å². The molecule has 2 aromatic carbocycles. The smallest absolute Gasteiger partial charge is 0.251 e. The van der Waals surface area contributed by atoms with Crippen LogP contribution in [0.25, 0.3) is 10.9 Å².